The number of aromatic nitrogens is 2. The van der Waals surface area contributed by atoms with Gasteiger partial charge in [0.1, 0.15) is 5.75 Å². The second kappa shape index (κ2) is 3.94. The van der Waals surface area contributed by atoms with Crippen molar-refractivity contribution in [3.8, 4) is 5.75 Å². The number of aromatic amines is 1. The minimum Gasteiger partial charge on any atom is -0.433 e. The summed E-state index contributed by atoms with van der Waals surface area (Å²) in [6.07, 6.45) is 0. The molecule has 0 aliphatic rings. The number of halogens is 4. The number of imidazole rings is 1. The van der Waals surface area contributed by atoms with Crippen LogP contribution in [0.3, 0.4) is 0 Å². The van der Waals surface area contributed by atoms with Crippen LogP contribution < -0.4 is 4.74 Å². The Balaban J connectivity index is 2.51. The first-order valence-electron chi connectivity index (χ1n) is 3.86. The van der Waals surface area contributed by atoms with E-state index in [1.54, 1.807) is 0 Å². The smallest absolute Gasteiger partial charge is 0.387 e. The molecule has 15 heavy (non-hydrogen) atoms. The van der Waals surface area contributed by atoms with Crippen LogP contribution in [0.4, 0.5) is 8.78 Å². The third-order valence-electron chi connectivity index (χ3n) is 1.72. The fourth-order valence-electron chi connectivity index (χ4n) is 1.17. The quantitative estimate of drug-likeness (QED) is 0.920. The molecule has 3 nitrogen and oxygen atoms in total. The van der Waals surface area contributed by atoms with E-state index >= 15 is 0 Å². The summed E-state index contributed by atoms with van der Waals surface area (Å²) in [5.41, 5.74) is 1.15. The summed E-state index contributed by atoms with van der Waals surface area (Å²) < 4.78 is 28.7. The van der Waals surface area contributed by atoms with Crippen LogP contribution in [0.15, 0.2) is 16.9 Å². The highest BCUT2D eigenvalue weighted by molar-refractivity contribution is 9.10. The number of H-pyrrole nitrogens is 1. The van der Waals surface area contributed by atoms with Gasteiger partial charge in [0.05, 0.1) is 16.1 Å². The summed E-state index contributed by atoms with van der Waals surface area (Å²) in [5, 5.41) is 0.110. The van der Waals surface area contributed by atoms with Gasteiger partial charge in [-0.1, -0.05) is 11.6 Å². The van der Waals surface area contributed by atoms with Gasteiger partial charge in [-0.2, -0.15) is 8.78 Å². The van der Waals surface area contributed by atoms with Gasteiger partial charge in [-0.15, -0.1) is 0 Å². The first-order valence-corrected chi connectivity index (χ1v) is 5.03. The van der Waals surface area contributed by atoms with Crippen molar-refractivity contribution in [2.45, 2.75) is 6.61 Å². The molecule has 0 aliphatic heterocycles. The van der Waals surface area contributed by atoms with E-state index in [9.17, 15) is 8.78 Å². The van der Waals surface area contributed by atoms with Crippen molar-refractivity contribution in [3.05, 3.63) is 21.9 Å². The molecule has 0 atom stereocenters. The van der Waals surface area contributed by atoms with Gasteiger partial charge >= 0.3 is 6.61 Å². The maximum atomic E-state index is 12.0. The largest absolute Gasteiger partial charge is 0.433 e. The lowest BCUT2D eigenvalue weighted by Crippen LogP contribution is -2.02. The topological polar surface area (TPSA) is 37.9 Å². The van der Waals surface area contributed by atoms with Crippen LogP contribution in [-0.2, 0) is 0 Å². The molecule has 0 saturated carbocycles. The first-order chi connectivity index (χ1) is 7.06. The molecule has 0 aliphatic carbocycles. The minimum atomic E-state index is -2.90. The standard InChI is InChI=1S/C8H4BrClF2N2O/c9-7-13-4-1-3(10)6(15-8(11)12)2-5(4)14-7/h1-2,8H,(H,13,14). The fraction of sp³-hybridized carbons (Fsp3) is 0.125. The lowest BCUT2D eigenvalue weighted by Gasteiger charge is -2.05. The lowest BCUT2D eigenvalue weighted by molar-refractivity contribution is -0.0496. The van der Waals surface area contributed by atoms with Gasteiger partial charge in [0, 0.05) is 6.07 Å². The SMILES string of the molecule is FC(F)Oc1cc2nc(Br)[nH]c2cc1Cl. The number of hydrogen-bond donors (Lipinski definition) is 1. The van der Waals surface area contributed by atoms with Crippen molar-refractivity contribution in [3.63, 3.8) is 0 Å². The van der Waals surface area contributed by atoms with Crippen molar-refractivity contribution in [1.29, 1.82) is 0 Å². The van der Waals surface area contributed by atoms with Crippen LogP contribution >= 0.6 is 27.5 Å². The van der Waals surface area contributed by atoms with E-state index in [4.69, 9.17) is 11.6 Å². The van der Waals surface area contributed by atoms with Gasteiger partial charge < -0.3 is 9.72 Å². The maximum Gasteiger partial charge on any atom is 0.387 e. The molecule has 0 radical (unpaired) electrons. The Labute approximate surface area is 96.5 Å². The third-order valence-corrected chi connectivity index (χ3v) is 2.39. The normalized spacial score (nSPS) is 11.3. The first kappa shape index (κ1) is 10.6. The molecule has 80 valence electrons. The highest BCUT2D eigenvalue weighted by Gasteiger charge is 2.11. The predicted octanol–water partition coefficient (Wildman–Crippen LogP) is 3.58. The molecular formula is C8H4BrClF2N2O. The molecule has 0 spiro atoms. The fourth-order valence-corrected chi connectivity index (χ4v) is 1.78. The summed E-state index contributed by atoms with van der Waals surface area (Å²) in [6.45, 7) is -2.90. The van der Waals surface area contributed by atoms with Crippen molar-refractivity contribution in [2.75, 3.05) is 0 Å². The maximum absolute atomic E-state index is 12.0. The van der Waals surface area contributed by atoms with E-state index in [0.29, 0.717) is 15.8 Å². The van der Waals surface area contributed by atoms with Crippen LogP contribution in [0.1, 0.15) is 0 Å². The van der Waals surface area contributed by atoms with Crippen molar-refractivity contribution in [2.24, 2.45) is 0 Å². The average Bonchev–Trinajstić information content (AvgIpc) is 2.44. The van der Waals surface area contributed by atoms with Crippen molar-refractivity contribution in [1.82, 2.24) is 9.97 Å². The summed E-state index contributed by atoms with van der Waals surface area (Å²) in [4.78, 5) is 6.86. The molecule has 0 amide bonds. The van der Waals surface area contributed by atoms with Gasteiger partial charge in [-0.3, -0.25) is 0 Å². The molecule has 1 aromatic carbocycles. The van der Waals surface area contributed by atoms with E-state index in [-0.39, 0.29) is 10.8 Å². The van der Waals surface area contributed by atoms with Crippen LogP contribution in [0.25, 0.3) is 11.0 Å². The zero-order valence-electron chi connectivity index (χ0n) is 7.10. The molecule has 0 unspecified atom stereocenters. The second-order valence-corrected chi connectivity index (χ2v) is 3.86. The molecule has 7 heteroatoms. The van der Waals surface area contributed by atoms with E-state index in [1.807, 2.05) is 0 Å². The molecule has 0 bridgehead atoms. The highest BCUT2D eigenvalue weighted by atomic mass is 79.9. The molecule has 1 N–H and O–H groups in total. The molecule has 2 rings (SSSR count). The molecule has 1 heterocycles. The zero-order valence-corrected chi connectivity index (χ0v) is 9.44. The predicted molar refractivity (Wildman–Crippen MR) is 55.4 cm³/mol. The number of alkyl halides is 2. The van der Waals surface area contributed by atoms with Crippen molar-refractivity contribution < 1.29 is 13.5 Å². The van der Waals surface area contributed by atoms with Crippen LogP contribution in [0, 0.1) is 0 Å². The average molecular weight is 297 g/mol. The number of benzene rings is 1. The van der Waals surface area contributed by atoms with Crippen LogP contribution in [0.5, 0.6) is 5.75 Å². The number of fused-ring (bicyclic) bond motifs is 1. The van der Waals surface area contributed by atoms with Crippen LogP contribution in [-0.4, -0.2) is 16.6 Å². The monoisotopic (exact) mass is 296 g/mol. The molecule has 0 saturated heterocycles. The second-order valence-electron chi connectivity index (χ2n) is 2.71. The third kappa shape index (κ3) is 2.21. The van der Waals surface area contributed by atoms with Crippen molar-refractivity contribution >= 4 is 38.6 Å². The minimum absolute atomic E-state index is 0.0850. The van der Waals surface area contributed by atoms with E-state index in [1.165, 1.54) is 12.1 Å². The summed E-state index contributed by atoms with van der Waals surface area (Å²) in [6, 6.07) is 2.83. The summed E-state index contributed by atoms with van der Waals surface area (Å²) >= 11 is 8.86. The van der Waals surface area contributed by atoms with Gasteiger partial charge in [0.25, 0.3) is 0 Å². The van der Waals surface area contributed by atoms with E-state index < -0.39 is 6.61 Å². The number of nitrogens with one attached hydrogen (secondary N) is 1. The Morgan fingerprint density at radius 3 is 2.87 bits per heavy atom. The number of nitrogens with zero attached hydrogens (tertiary/aromatic N) is 1. The number of ether oxygens (including phenoxy) is 1. The Hall–Kier alpha value is -0.880. The molecule has 0 fully saturated rings. The van der Waals surface area contributed by atoms with E-state index in [2.05, 4.69) is 30.6 Å². The molecule has 1 aromatic heterocycles. The Bertz CT molecular complexity index is 503. The van der Waals surface area contributed by atoms with Gasteiger partial charge in [0.2, 0.25) is 0 Å². The van der Waals surface area contributed by atoms with Crippen LogP contribution in [0.2, 0.25) is 5.02 Å². The number of hydrogen-bond acceptors (Lipinski definition) is 2. The number of rotatable bonds is 2. The molecular weight excluding hydrogens is 293 g/mol. The summed E-state index contributed by atoms with van der Waals surface area (Å²) in [5.74, 6) is -0.0850. The van der Waals surface area contributed by atoms with Gasteiger partial charge in [0.15, 0.2) is 4.73 Å². The lowest BCUT2D eigenvalue weighted by atomic mass is 10.3. The Kier molecular flexibility index (Phi) is 2.79. The van der Waals surface area contributed by atoms with E-state index in [0.717, 1.165) is 0 Å². The highest BCUT2D eigenvalue weighted by Crippen LogP contribution is 2.30. The zero-order chi connectivity index (χ0) is 11.0. The van der Waals surface area contributed by atoms with Gasteiger partial charge in [-0.05, 0) is 22.0 Å². The molecule has 2 aromatic rings. The Morgan fingerprint density at radius 2 is 2.20 bits per heavy atom. The Morgan fingerprint density at radius 1 is 1.47 bits per heavy atom. The van der Waals surface area contributed by atoms with Gasteiger partial charge in [-0.25, -0.2) is 4.98 Å². The summed E-state index contributed by atoms with van der Waals surface area (Å²) in [7, 11) is 0.